The van der Waals surface area contributed by atoms with Gasteiger partial charge >= 0.3 is 0 Å². The molecule has 0 aliphatic heterocycles. The Balaban J connectivity index is 1.14. The summed E-state index contributed by atoms with van der Waals surface area (Å²) < 4.78 is 28.8. The van der Waals surface area contributed by atoms with Gasteiger partial charge in [0.1, 0.15) is 0 Å². The largest absolute Gasteiger partial charge is 0.355 e. The number of rotatable bonds is 7. The number of aromatic nitrogens is 2. The first-order chi connectivity index (χ1) is 16.5. The number of aromatic amines is 1. The summed E-state index contributed by atoms with van der Waals surface area (Å²) in [6.45, 7) is 1.18. The van der Waals surface area contributed by atoms with Gasteiger partial charge in [0.15, 0.2) is 0 Å². The number of nitrogens with one attached hydrogen (secondary N) is 3. The minimum atomic E-state index is -3.57. The fourth-order valence-electron chi connectivity index (χ4n) is 4.79. The average Bonchev–Trinajstić information content (AvgIpc) is 2.86. The van der Waals surface area contributed by atoms with E-state index in [-0.39, 0.29) is 5.56 Å². The number of benzene rings is 3. The number of nitrogens with zero attached hydrogens (tertiary/aromatic N) is 1. The predicted molar refractivity (Wildman–Crippen MR) is 135 cm³/mol. The van der Waals surface area contributed by atoms with Gasteiger partial charge in [-0.25, -0.2) is 18.1 Å². The Kier molecular flexibility index (Phi) is 6.34. The maximum absolute atomic E-state index is 13.0. The smallest absolute Gasteiger partial charge is 0.260 e. The van der Waals surface area contributed by atoms with Crippen LogP contribution in [0.4, 0.5) is 5.95 Å². The van der Waals surface area contributed by atoms with Crippen molar-refractivity contribution in [1.82, 2.24) is 14.7 Å². The van der Waals surface area contributed by atoms with E-state index in [1.807, 2.05) is 48.5 Å². The molecular weight excluding hydrogens is 448 g/mol. The summed E-state index contributed by atoms with van der Waals surface area (Å²) in [5, 5.41) is 5.52. The molecule has 7 nitrogen and oxygen atoms in total. The van der Waals surface area contributed by atoms with Crippen molar-refractivity contribution in [1.29, 1.82) is 0 Å². The fourth-order valence-corrected chi connectivity index (χ4v) is 6.13. The SMILES string of the molecule is O=c1[nH]c(NCC2CCC(CNS(=O)(=O)c3cccc4ccccc34)CC2)nc2ccccc12. The minimum absolute atomic E-state index is 0.143. The molecule has 176 valence electrons. The quantitative estimate of drug-likeness (QED) is 0.369. The lowest BCUT2D eigenvalue weighted by atomic mass is 9.82. The van der Waals surface area contributed by atoms with Gasteiger partial charge < -0.3 is 5.32 Å². The van der Waals surface area contributed by atoms with Crippen molar-refractivity contribution < 1.29 is 8.42 Å². The Hall–Kier alpha value is -3.23. The van der Waals surface area contributed by atoms with Gasteiger partial charge in [0.2, 0.25) is 16.0 Å². The summed E-state index contributed by atoms with van der Waals surface area (Å²) in [7, 11) is -3.57. The Morgan fingerprint density at radius 3 is 2.26 bits per heavy atom. The lowest BCUT2D eigenvalue weighted by Gasteiger charge is -2.28. The molecule has 1 heterocycles. The van der Waals surface area contributed by atoms with Gasteiger partial charge in [-0.15, -0.1) is 0 Å². The third kappa shape index (κ3) is 4.83. The van der Waals surface area contributed by atoms with E-state index >= 15 is 0 Å². The first kappa shape index (κ1) is 22.6. The van der Waals surface area contributed by atoms with Crippen molar-refractivity contribution in [2.24, 2.45) is 11.8 Å². The van der Waals surface area contributed by atoms with Crippen molar-refractivity contribution >= 4 is 37.6 Å². The average molecular weight is 477 g/mol. The number of hydrogen-bond acceptors (Lipinski definition) is 5. The van der Waals surface area contributed by atoms with E-state index in [1.54, 1.807) is 18.2 Å². The van der Waals surface area contributed by atoms with Gasteiger partial charge in [0, 0.05) is 18.5 Å². The van der Waals surface area contributed by atoms with Crippen LogP contribution in [-0.2, 0) is 10.0 Å². The molecule has 1 aliphatic rings. The summed E-state index contributed by atoms with van der Waals surface area (Å²) in [4.78, 5) is 19.9. The number of hydrogen-bond donors (Lipinski definition) is 3. The van der Waals surface area contributed by atoms with E-state index in [9.17, 15) is 13.2 Å². The zero-order chi connectivity index (χ0) is 23.5. The first-order valence-electron chi connectivity index (χ1n) is 11.7. The first-order valence-corrected chi connectivity index (χ1v) is 13.2. The van der Waals surface area contributed by atoms with Gasteiger partial charge in [-0.05, 0) is 61.1 Å². The van der Waals surface area contributed by atoms with Crippen molar-refractivity contribution in [2.45, 2.75) is 30.6 Å². The molecule has 1 aliphatic carbocycles. The van der Waals surface area contributed by atoms with Crippen LogP contribution < -0.4 is 15.6 Å². The number of fused-ring (bicyclic) bond motifs is 2. The standard InChI is InChI=1S/C26H28N4O3S/c31-25-22-9-3-4-10-23(22)29-26(30-25)27-16-18-12-14-19(15-13-18)17-28-34(32,33)24-11-5-7-20-6-1-2-8-21(20)24/h1-11,18-19,28H,12-17H2,(H2,27,29,30,31). The van der Waals surface area contributed by atoms with E-state index in [2.05, 4.69) is 20.0 Å². The maximum Gasteiger partial charge on any atom is 0.260 e. The summed E-state index contributed by atoms with van der Waals surface area (Å²) in [5.74, 6) is 1.27. The molecule has 3 aromatic carbocycles. The van der Waals surface area contributed by atoms with E-state index < -0.39 is 10.0 Å². The number of H-pyrrole nitrogens is 1. The van der Waals surface area contributed by atoms with Gasteiger partial charge in [0.05, 0.1) is 15.8 Å². The molecular formula is C26H28N4O3S. The zero-order valence-electron chi connectivity index (χ0n) is 18.8. The molecule has 0 amide bonds. The number of anilines is 1. The molecule has 8 heteroatoms. The van der Waals surface area contributed by atoms with E-state index in [0.29, 0.717) is 40.1 Å². The monoisotopic (exact) mass is 476 g/mol. The van der Waals surface area contributed by atoms with Crippen LogP contribution in [0, 0.1) is 11.8 Å². The summed E-state index contributed by atoms with van der Waals surface area (Å²) in [6, 6.07) is 20.2. The van der Waals surface area contributed by atoms with Crippen LogP contribution >= 0.6 is 0 Å². The summed E-state index contributed by atoms with van der Waals surface area (Å²) >= 11 is 0. The summed E-state index contributed by atoms with van der Waals surface area (Å²) in [5.41, 5.74) is 0.534. The minimum Gasteiger partial charge on any atom is -0.355 e. The Morgan fingerprint density at radius 1 is 0.824 bits per heavy atom. The van der Waals surface area contributed by atoms with Gasteiger partial charge in [-0.2, -0.15) is 0 Å². The molecule has 0 bridgehead atoms. The van der Waals surface area contributed by atoms with Crippen molar-refractivity contribution in [3.63, 3.8) is 0 Å². The Morgan fingerprint density at radius 2 is 1.47 bits per heavy atom. The van der Waals surface area contributed by atoms with Crippen molar-refractivity contribution in [2.75, 3.05) is 18.4 Å². The normalized spacial score (nSPS) is 18.8. The highest BCUT2D eigenvalue weighted by molar-refractivity contribution is 7.89. The third-order valence-corrected chi connectivity index (χ3v) is 8.22. The Labute approximate surface area is 198 Å². The summed E-state index contributed by atoms with van der Waals surface area (Å²) in [6.07, 6.45) is 3.94. The highest BCUT2D eigenvalue weighted by Crippen LogP contribution is 2.29. The topological polar surface area (TPSA) is 104 Å². The molecule has 0 unspecified atom stereocenters. The van der Waals surface area contributed by atoms with Gasteiger partial charge in [-0.1, -0.05) is 48.5 Å². The van der Waals surface area contributed by atoms with Crippen LogP contribution in [0.2, 0.25) is 0 Å². The molecule has 34 heavy (non-hydrogen) atoms. The molecule has 1 aromatic heterocycles. The molecule has 0 radical (unpaired) electrons. The van der Waals surface area contributed by atoms with Crippen LogP contribution in [0.5, 0.6) is 0 Å². The van der Waals surface area contributed by atoms with Crippen LogP contribution in [0.1, 0.15) is 25.7 Å². The van der Waals surface area contributed by atoms with E-state index in [4.69, 9.17) is 0 Å². The van der Waals surface area contributed by atoms with Crippen LogP contribution in [0.25, 0.3) is 21.7 Å². The van der Waals surface area contributed by atoms with Gasteiger partial charge in [0.25, 0.3) is 5.56 Å². The van der Waals surface area contributed by atoms with E-state index in [1.165, 1.54) is 0 Å². The number of para-hydroxylation sites is 1. The molecule has 0 spiro atoms. The van der Waals surface area contributed by atoms with Gasteiger partial charge in [-0.3, -0.25) is 9.78 Å². The lowest BCUT2D eigenvalue weighted by molar-refractivity contribution is 0.284. The lowest BCUT2D eigenvalue weighted by Crippen LogP contribution is -2.32. The fraction of sp³-hybridized carbons (Fsp3) is 0.308. The number of sulfonamides is 1. The van der Waals surface area contributed by atoms with Crippen LogP contribution in [0.3, 0.4) is 0 Å². The molecule has 0 atom stereocenters. The highest BCUT2D eigenvalue weighted by Gasteiger charge is 2.24. The Bertz CT molecular complexity index is 1470. The molecule has 5 rings (SSSR count). The van der Waals surface area contributed by atoms with Crippen LogP contribution in [-0.4, -0.2) is 31.5 Å². The van der Waals surface area contributed by atoms with Crippen molar-refractivity contribution in [3.8, 4) is 0 Å². The molecule has 4 aromatic rings. The molecule has 0 saturated heterocycles. The molecule has 1 fully saturated rings. The second kappa shape index (κ2) is 9.56. The van der Waals surface area contributed by atoms with E-state index in [0.717, 1.165) is 43.0 Å². The molecule has 1 saturated carbocycles. The highest BCUT2D eigenvalue weighted by atomic mass is 32.2. The third-order valence-electron chi connectivity index (χ3n) is 6.74. The second-order valence-electron chi connectivity index (χ2n) is 9.03. The van der Waals surface area contributed by atoms with Crippen LogP contribution in [0.15, 0.2) is 76.4 Å². The van der Waals surface area contributed by atoms with Crippen molar-refractivity contribution in [3.05, 3.63) is 77.1 Å². The molecule has 3 N–H and O–H groups in total. The maximum atomic E-state index is 13.0. The second-order valence-corrected chi connectivity index (χ2v) is 10.8. The zero-order valence-corrected chi connectivity index (χ0v) is 19.6. The predicted octanol–water partition coefficient (Wildman–Crippen LogP) is 4.27.